The minimum atomic E-state index is 0.690. The number of aromatic nitrogens is 3. The van der Waals surface area contributed by atoms with Crippen LogP contribution in [0.2, 0.25) is 5.02 Å². The summed E-state index contributed by atoms with van der Waals surface area (Å²) in [5.41, 5.74) is 1.13. The van der Waals surface area contributed by atoms with E-state index in [0.717, 1.165) is 16.3 Å². The van der Waals surface area contributed by atoms with Gasteiger partial charge in [0.15, 0.2) is 0 Å². The number of benzene rings is 1. The highest BCUT2D eigenvalue weighted by Crippen LogP contribution is 2.21. The normalized spacial score (nSPS) is 10.5. The highest BCUT2D eigenvalue weighted by molar-refractivity contribution is 7.98. The summed E-state index contributed by atoms with van der Waals surface area (Å²) < 4.78 is 1.40. The molecule has 78 valence electrons. The Kier molecular flexibility index (Phi) is 3.13. The molecule has 0 atom stereocenters. The highest BCUT2D eigenvalue weighted by Gasteiger charge is 2.02. The Morgan fingerprint density at radius 2 is 2.33 bits per heavy atom. The molecule has 2 N–H and O–H groups in total. The third-order valence-corrected chi connectivity index (χ3v) is 3.06. The van der Waals surface area contributed by atoms with Crippen molar-refractivity contribution in [1.29, 1.82) is 0 Å². The number of hydrogen-bond acceptors (Lipinski definition) is 4. The van der Waals surface area contributed by atoms with E-state index in [1.165, 1.54) is 22.8 Å². The van der Waals surface area contributed by atoms with Gasteiger partial charge < -0.3 is 5.84 Å². The molecule has 0 bridgehead atoms. The van der Waals surface area contributed by atoms with Crippen LogP contribution in [0.1, 0.15) is 5.56 Å². The number of thioether (sulfide) groups is 1. The Balaban J connectivity index is 2.02. The van der Waals surface area contributed by atoms with Gasteiger partial charge in [-0.3, -0.25) is 0 Å². The fraction of sp³-hybridized carbons (Fsp3) is 0.111. The van der Waals surface area contributed by atoms with Gasteiger partial charge in [0.1, 0.15) is 6.33 Å². The lowest BCUT2D eigenvalue weighted by Crippen LogP contribution is -2.07. The minimum absolute atomic E-state index is 0.690. The maximum atomic E-state index is 5.87. The first-order chi connectivity index (χ1) is 7.25. The molecule has 4 nitrogen and oxygen atoms in total. The zero-order chi connectivity index (χ0) is 10.7. The molecule has 0 fully saturated rings. The fourth-order valence-electron chi connectivity index (χ4n) is 1.11. The topological polar surface area (TPSA) is 56.7 Å². The van der Waals surface area contributed by atoms with Gasteiger partial charge in [-0.05, 0) is 17.7 Å². The van der Waals surface area contributed by atoms with Crippen LogP contribution in [-0.2, 0) is 5.75 Å². The first kappa shape index (κ1) is 10.3. The first-order valence-corrected chi connectivity index (χ1v) is 5.64. The van der Waals surface area contributed by atoms with Crippen LogP contribution in [0.5, 0.6) is 0 Å². The molecule has 1 aromatic carbocycles. The molecule has 0 amide bonds. The van der Waals surface area contributed by atoms with Crippen LogP contribution in [0.3, 0.4) is 0 Å². The third kappa shape index (κ3) is 2.64. The van der Waals surface area contributed by atoms with Gasteiger partial charge in [-0.25, -0.2) is 4.68 Å². The molecule has 0 radical (unpaired) electrons. The second-order valence-electron chi connectivity index (χ2n) is 2.94. The van der Waals surface area contributed by atoms with E-state index in [1.54, 1.807) is 0 Å². The van der Waals surface area contributed by atoms with Crippen LogP contribution in [0.15, 0.2) is 35.7 Å². The van der Waals surface area contributed by atoms with Crippen molar-refractivity contribution < 1.29 is 0 Å². The smallest absolute Gasteiger partial charge is 0.209 e. The van der Waals surface area contributed by atoms with E-state index in [0.29, 0.717) is 5.16 Å². The molecular weight excluding hydrogens is 232 g/mol. The summed E-state index contributed by atoms with van der Waals surface area (Å²) in [5, 5.41) is 8.99. The quantitative estimate of drug-likeness (QED) is 0.658. The van der Waals surface area contributed by atoms with Crippen molar-refractivity contribution in [3.8, 4) is 0 Å². The Morgan fingerprint density at radius 1 is 1.47 bits per heavy atom. The number of nitrogen functional groups attached to an aromatic ring is 1. The van der Waals surface area contributed by atoms with Crippen molar-refractivity contribution in [1.82, 2.24) is 14.9 Å². The molecule has 0 aliphatic rings. The van der Waals surface area contributed by atoms with Crippen molar-refractivity contribution in [2.45, 2.75) is 10.9 Å². The number of nitrogens with two attached hydrogens (primary N) is 1. The van der Waals surface area contributed by atoms with Crippen molar-refractivity contribution in [2.75, 3.05) is 5.84 Å². The molecule has 1 heterocycles. The van der Waals surface area contributed by atoms with Crippen LogP contribution >= 0.6 is 23.4 Å². The predicted octanol–water partition coefficient (Wildman–Crippen LogP) is 1.94. The van der Waals surface area contributed by atoms with Gasteiger partial charge in [0.05, 0.1) is 0 Å². The molecule has 0 aliphatic heterocycles. The molecule has 0 unspecified atom stereocenters. The Bertz CT molecular complexity index is 457. The van der Waals surface area contributed by atoms with E-state index < -0.39 is 0 Å². The van der Waals surface area contributed by atoms with Crippen molar-refractivity contribution in [3.63, 3.8) is 0 Å². The second kappa shape index (κ2) is 4.55. The Hall–Kier alpha value is -1.20. The molecular formula is C9H9ClN4S. The van der Waals surface area contributed by atoms with Crippen molar-refractivity contribution in [2.24, 2.45) is 0 Å². The van der Waals surface area contributed by atoms with Crippen LogP contribution in [0.4, 0.5) is 0 Å². The highest BCUT2D eigenvalue weighted by atomic mass is 35.5. The Morgan fingerprint density at radius 3 is 3.00 bits per heavy atom. The summed E-state index contributed by atoms with van der Waals surface area (Å²) in [6.45, 7) is 0. The van der Waals surface area contributed by atoms with Crippen LogP contribution in [0, 0.1) is 0 Å². The average Bonchev–Trinajstić information content (AvgIpc) is 2.61. The van der Waals surface area contributed by atoms with Crippen molar-refractivity contribution >= 4 is 23.4 Å². The fourth-order valence-corrected chi connectivity index (χ4v) is 2.10. The number of rotatable bonds is 3. The van der Waals surface area contributed by atoms with Crippen LogP contribution in [0.25, 0.3) is 0 Å². The summed E-state index contributed by atoms with van der Waals surface area (Å²) in [5.74, 6) is 6.35. The molecule has 0 saturated carbocycles. The lowest BCUT2D eigenvalue weighted by atomic mass is 10.2. The molecule has 0 saturated heterocycles. The molecule has 2 aromatic rings. The van der Waals surface area contributed by atoms with E-state index in [-0.39, 0.29) is 0 Å². The molecule has 6 heteroatoms. The summed E-state index contributed by atoms with van der Waals surface area (Å²) in [6, 6.07) is 7.70. The monoisotopic (exact) mass is 240 g/mol. The van der Waals surface area contributed by atoms with E-state index in [4.69, 9.17) is 17.4 Å². The summed E-state index contributed by atoms with van der Waals surface area (Å²) >= 11 is 7.39. The van der Waals surface area contributed by atoms with Gasteiger partial charge in [-0.1, -0.05) is 35.5 Å². The lowest BCUT2D eigenvalue weighted by molar-refractivity contribution is 0.846. The van der Waals surface area contributed by atoms with Gasteiger partial charge in [-0.2, -0.15) is 0 Å². The molecule has 2 rings (SSSR count). The Labute approximate surface area is 96.4 Å². The summed E-state index contributed by atoms with van der Waals surface area (Å²) in [7, 11) is 0. The largest absolute Gasteiger partial charge is 0.336 e. The van der Waals surface area contributed by atoms with Crippen molar-refractivity contribution in [3.05, 3.63) is 41.2 Å². The maximum absolute atomic E-state index is 5.87. The summed E-state index contributed by atoms with van der Waals surface area (Å²) in [6.07, 6.45) is 1.47. The van der Waals surface area contributed by atoms with Gasteiger partial charge in [-0.15, -0.1) is 10.2 Å². The van der Waals surface area contributed by atoms with E-state index >= 15 is 0 Å². The van der Waals surface area contributed by atoms with E-state index in [1.807, 2.05) is 24.3 Å². The molecule has 15 heavy (non-hydrogen) atoms. The zero-order valence-corrected chi connectivity index (χ0v) is 9.37. The average molecular weight is 241 g/mol. The van der Waals surface area contributed by atoms with E-state index in [2.05, 4.69) is 10.2 Å². The maximum Gasteiger partial charge on any atom is 0.209 e. The molecule has 0 spiro atoms. The van der Waals surface area contributed by atoms with Gasteiger partial charge in [0.2, 0.25) is 5.16 Å². The zero-order valence-electron chi connectivity index (χ0n) is 7.80. The second-order valence-corrected chi connectivity index (χ2v) is 4.32. The lowest BCUT2D eigenvalue weighted by Gasteiger charge is -2.01. The predicted molar refractivity (Wildman–Crippen MR) is 61.2 cm³/mol. The van der Waals surface area contributed by atoms with Gasteiger partial charge in [0.25, 0.3) is 0 Å². The van der Waals surface area contributed by atoms with Gasteiger partial charge >= 0.3 is 0 Å². The van der Waals surface area contributed by atoms with Crippen LogP contribution in [-0.4, -0.2) is 14.9 Å². The first-order valence-electron chi connectivity index (χ1n) is 4.28. The molecule has 1 aromatic heterocycles. The minimum Gasteiger partial charge on any atom is -0.336 e. The molecule has 0 aliphatic carbocycles. The van der Waals surface area contributed by atoms with Crippen LogP contribution < -0.4 is 5.84 Å². The number of hydrogen-bond donors (Lipinski definition) is 1. The number of halogens is 1. The summed E-state index contributed by atoms with van der Waals surface area (Å²) in [4.78, 5) is 0. The van der Waals surface area contributed by atoms with E-state index in [9.17, 15) is 0 Å². The number of nitrogens with zero attached hydrogens (tertiary/aromatic N) is 3. The standard InChI is InChI=1S/C9H9ClN4S/c10-8-3-1-2-7(4-8)5-15-9-13-12-6-14(9)11/h1-4,6H,5,11H2. The van der Waals surface area contributed by atoms with Gasteiger partial charge in [0, 0.05) is 10.8 Å². The SMILES string of the molecule is Nn1cnnc1SCc1cccc(Cl)c1. The third-order valence-electron chi connectivity index (χ3n) is 1.80.